The van der Waals surface area contributed by atoms with Gasteiger partial charge in [0.25, 0.3) is 11.8 Å². The van der Waals surface area contributed by atoms with E-state index < -0.39 is 17.5 Å². The van der Waals surface area contributed by atoms with Gasteiger partial charge >= 0.3 is 6.03 Å². The van der Waals surface area contributed by atoms with E-state index in [2.05, 4.69) is 22.7 Å². The van der Waals surface area contributed by atoms with E-state index in [1.807, 2.05) is 12.1 Å². The number of nitrogens with one attached hydrogen (secondary N) is 3. The first-order valence-electron chi connectivity index (χ1n) is 10.6. The molecular formula is C22H26N4O3. The van der Waals surface area contributed by atoms with Crippen LogP contribution in [0.15, 0.2) is 18.2 Å². The Balaban J connectivity index is 1.39. The zero-order valence-corrected chi connectivity index (χ0v) is 16.6. The van der Waals surface area contributed by atoms with Crippen molar-refractivity contribution in [3.05, 3.63) is 35.0 Å². The number of imide groups is 1. The van der Waals surface area contributed by atoms with Crippen LogP contribution in [0.2, 0.25) is 0 Å². The van der Waals surface area contributed by atoms with Crippen LogP contribution < -0.4 is 10.7 Å². The summed E-state index contributed by atoms with van der Waals surface area (Å²) in [6, 6.07) is 4.96. The van der Waals surface area contributed by atoms with Gasteiger partial charge in [-0.2, -0.15) is 5.01 Å². The number of benzene rings is 1. The highest BCUT2D eigenvalue weighted by Gasteiger charge is 2.52. The van der Waals surface area contributed by atoms with Crippen molar-refractivity contribution in [3.8, 4) is 0 Å². The number of rotatable bonds is 2. The van der Waals surface area contributed by atoms with Gasteiger partial charge in [0.1, 0.15) is 5.54 Å². The third kappa shape index (κ3) is 2.91. The van der Waals surface area contributed by atoms with Crippen LogP contribution in [0.4, 0.5) is 4.79 Å². The summed E-state index contributed by atoms with van der Waals surface area (Å²) in [5.41, 5.74) is 5.70. The van der Waals surface area contributed by atoms with Crippen LogP contribution in [0.1, 0.15) is 67.1 Å². The Bertz CT molecular complexity index is 1020. The van der Waals surface area contributed by atoms with Crippen molar-refractivity contribution < 1.29 is 14.4 Å². The highest BCUT2D eigenvalue weighted by molar-refractivity contribution is 6.09. The van der Waals surface area contributed by atoms with Crippen LogP contribution >= 0.6 is 0 Å². The average molecular weight is 394 g/mol. The summed E-state index contributed by atoms with van der Waals surface area (Å²) in [5.74, 6) is -0.164. The number of aromatic nitrogens is 1. The lowest BCUT2D eigenvalue weighted by molar-refractivity contribution is -0.134. The van der Waals surface area contributed by atoms with Gasteiger partial charge in [-0.25, -0.2) is 4.79 Å². The van der Waals surface area contributed by atoms with Crippen LogP contribution in [-0.2, 0) is 17.6 Å². The number of nitrogens with zero attached hydrogens (tertiary/aromatic N) is 1. The van der Waals surface area contributed by atoms with E-state index in [0.29, 0.717) is 24.3 Å². The molecule has 2 aromatic rings. The molecule has 2 aliphatic carbocycles. The van der Waals surface area contributed by atoms with Gasteiger partial charge in [-0.1, -0.05) is 26.2 Å². The fourth-order valence-corrected chi connectivity index (χ4v) is 5.11. The number of amides is 4. The Hall–Kier alpha value is -2.83. The molecule has 1 aromatic carbocycles. The topological polar surface area (TPSA) is 94.3 Å². The third-order valence-electron chi connectivity index (χ3n) is 6.78. The molecule has 3 aliphatic rings. The summed E-state index contributed by atoms with van der Waals surface area (Å²) in [6.07, 6.45) is 7.32. The van der Waals surface area contributed by atoms with Gasteiger partial charge in [0.05, 0.1) is 0 Å². The highest BCUT2D eigenvalue weighted by atomic mass is 16.2. The number of aromatic amines is 1. The van der Waals surface area contributed by atoms with Crippen molar-refractivity contribution in [2.45, 2.75) is 63.8 Å². The number of urea groups is 1. The highest BCUT2D eigenvalue weighted by Crippen LogP contribution is 2.34. The maximum atomic E-state index is 12.9. The predicted octanol–water partition coefficient (Wildman–Crippen LogP) is 3.19. The predicted molar refractivity (Wildman–Crippen MR) is 108 cm³/mol. The standard InChI is InChI=1S/C22H26N4O3/c1-13-5-7-17-15(11-13)16-12-14(6-8-18(16)23-17)19(27)25-26-20(28)22(24-21(26)29)9-3-2-4-10-22/h6,8,12-13,23H,2-5,7,9-11H2,1H3,(H,24,29)(H,25,27)/t13-/m1/s1. The van der Waals surface area contributed by atoms with Gasteiger partial charge in [-0.15, -0.1) is 0 Å². The Kier molecular flexibility index (Phi) is 4.15. The Labute approximate surface area is 169 Å². The quantitative estimate of drug-likeness (QED) is 0.683. The van der Waals surface area contributed by atoms with E-state index in [4.69, 9.17) is 0 Å². The van der Waals surface area contributed by atoms with Gasteiger partial charge in [-0.05, 0) is 61.8 Å². The molecule has 1 spiro atoms. The van der Waals surface area contributed by atoms with Gasteiger partial charge in [0.2, 0.25) is 0 Å². The van der Waals surface area contributed by atoms with E-state index >= 15 is 0 Å². The number of hydrazine groups is 1. The fraction of sp³-hybridized carbons (Fsp3) is 0.500. The molecular weight excluding hydrogens is 368 g/mol. The normalized spacial score (nSPS) is 23.3. The van der Waals surface area contributed by atoms with Crippen molar-refractivity contribution in [2.75, 3.05) is 0 Å². The summed E-state index contributed by atoms with van der Waals surface area (Å²) in [4.78, 5) is 41.6. The second kappa shape index (κ2) is 6.61. The van der Waals surface area contributed by atoms with Crippen molar-refractivity contribution in [2.24, 2.45) is 5.92 Å². The van der Waals surface area contributed by atoms with Gasteiger partial charge < -0.3 is 10.3 Å². The Morgan fingerprint density at radius 3 is 2.79 bits per heavy atom. The first-order valence-corrected chi connectivity index (χ1v) is 10.6. The molecule has 1 aromatic heterocycles. The molecule has 5 rings (SSSR count). The molecule has 7 heteroatoms. The molecule has 2 fully saturated rings. The van der Waals surface area contributed by atoms with Crippen molar-refractivity contribution in [1.29, 1.82) is 0 Å². The lowest BCUT2D eigenvalue weighted by Crippen LogP contribution is -2.50. The first kappa shape index (κ1) is 18.2. The third-order valence-corrected chi connectivity index (χ3v) is 6.78. The SMILES string of the molecule is C[C@@H]1CCc2[nH]c3ccc(C(=O)NN4C(=O)NC5(CCCCC5)C4=O)cc3c2C1. The van der Waals surface area contributed by atoms with E-state index in [9.17, 15) is 14.4 Å². The molecule has 1 aliphatic heterocycles. The monoisotopic (exact) mass is 394 g/mol. The molecule has 2 heterocycles. The van der Waals surface area contributed by atoms with Gasteiger partial charge in [0, 0.05) is 22.2 Å². The van der Waals surface area contributed by atoms with Gasteiger partial charge in [-0.3, -0.25) is 15.0 Å². The Morgan fingerprint density at radius 1 is 1.21 bits per heavy atom. The number of carbonyl (C=O) groups is 3. The molecule has 0 bridgehead atoms. The molecule has 0 unspecified atom stereocenters. The molecule has 1 saturated heterocycles. The zero-order chi connectivity index (χ0) is 20.2. The van der Waals surface area contributed by atoms with Crippen LogP contribution in [0.5, 0.6) is 0 Å². The lowest BCUT2D eigenvalue weighted by Gasteiger charge is -2.30. The van der Waals surface area contributed by atoms with Gasteiger partial charge in [0.15, 0.2) is 0 Å². The second-order valence-electron chi connectivity index (χ2n) is 8.84. The molecule has 29 heavy (non-hydrogen) atoms. The minimum absolute atomic E-state index is 0.343. The number of fused-ring (bicyclic) bond motifs is 3. The molecule has 7 nitrogen and oxygen atoms in total. The average Bonchev–Trinajstić information content (AvgIpc) is 3.18. The summed E-state index contributed by atoms with van der Waals surface area (Å²) in [7, 11) is 0. The van der Waals surface area contributed by atoms with Crippen LogP contribution in [0.25, 0.3) is 10.9 Å². The number of hydrogen-bond acceptors (Lipinski definition) is 3. The molecule has 3 N–H and O–H groups in total. The summed E-state index contributed by atoms with van der Waals surface area (Å²) < 4.78 is 0. The van der Waals surface area contributed by atoms with Crippen LogP contribution in [0, 0.1) is 5.92 Å². The van der Waals surface area contributed by atoms with Crippen molar-refractivity contribution in [3.63, 3.8) is 0 Å². The number of hydrogen-bond donors (Lipinski definition) is 3. The van der Waals surface area contributed by atoms with Crippen molar-refractivity contribution in [1.82, 2.24) is 20.7 Å². The maximum Gasteiger partial charge on any atom is 0.344 e. The molecule has 0 radical (unpaired) electrons. The fourth-order valence-electron chi connectivity index (χ4n) is 5.11. The lowest BCUT2D eigenvalue weighted by atomic mass is 9.82. The molecule has 1 atom stereocenters. The minimum Gasteiger partial charge on any atom is -0.358 e. The second-order valence-corrected chi connectivity index (χ2v) is 8.84. The van der Waals surface area contributed by atoms with E-state index in [0.717, 1.165) is 48.0 Å². The molecule has 1 saturated carbocycles. The maximum absolute atomic E-state index is 12.9. The van der Waals surface area contributed by atoms with Crippen LogP contribution in [-0.4, -0.2) is 33.4 Å². The van der Waals surface area contributed by atoms with E-state index in [-0.39, 0.29) is 5.91 Å². The smallest absolute Gasteiger partial charge is 0.344 e. The van der Waals surface area contributed by atoms with E-state index in [1.165, 1.54) is 17.7 Å². The van der Waals surface area contributed by atoms with E-state index in [1.54, 1.807) is 6.07 Å². The van der Waals surface area contributed by atoms with Crippen LogP contribution in [0.3, 0.4) is 0 Å². The summed E-state index contributed by atoms with van der Waals surface area (Å²) in [5, 5.41) is 4.74. The minimum atomic E-state index is -0.845. The number of H-pyrrole nitrogens is 1. The molecule has 4 amide bonds. The first-order chi connectivity index (χ1) is 14.0. The Morgan fingerprint density at radius 2 is 2.00 bits per heavy atom. The van der Waals surface area contributed by atoms with Crippen molar-refractivity contribution >= 4 is 28.7 Å². The summed E-state index contributed by atoms with van der Waals surface area (Å²) in [6.45, 7) is 2.25. The summed E-state index contributed by atoms with van der Waals surface area (Å²) >= 11 is 0. The zero-order valence-electron chi connectivity index (χ0n) is 16.6. The number of aryl methyl sites for hydroxylation is 1. The number of carbonyl (C=O) groups excluding carboxylic acids is 3. The largest absolute Gasteiger partial charge is 0.358 e. The molecule has 152 valence electrons.